The number of esters is 1. The number of ether oxygens (including phenoxy) is 2. The van der Waals surface area contributed by atoms with Gasteiger partial charge in [0, 0.05) is 12.1 Å². The van der Waals surface area contributed by atoms with Crippen LogP contribution >= 0.6 is 34.4 Å². The summed E-state index contributed by atoms with van der Waals surface area (Å²) in [6.45, 7) is 1.72. The highest BCUT2D eigenvalue weighted by Crippen LogP contribution is 2.34. The molecule has 0 aliphatic carbocycles. The average Bonchev–Trinajstić information content (AvgIpc) is 3.01. The lowest BCUT2D eigenvalue weighted by Crippen LogP contribution is -2.27. The van der Waals surface area contributed by atoms with E-state index in [1.165, 1.54) is 18.2 Å². The van der Waals surface area contributed by atoms with E-state index >= 15 is 0 Å². The molecule has 32 heavy (non-hydrogen) atoms. The SMILES string of the molecule is CCOC(=O)COc1ccc(/C=C2/SC(=O)N(Cc3cccc([N+](=O)[O-])c3)C2=O)cc1I. The van der Waals surface area contributed by atoms with E-state index in [1.807, 2.05) is 22.6 Å². The second-order valence-corrected chi connectivity index (χ2v) is 8.63. The van der Waals surface area contributed by atoms with Gasteiger partial charge in [0.2, 0.25) is 0 Å². The van der Waals surface area contributed by atoms with Crippen molar-refractivity contribution in [2.75, 3.05) is 13.2 Å². The summed E-state index contributed by atoms with van der Waals surface area (Å²) in [6, 6.07) is 10.9. The van der Waals surface area contributed by atoms with Gasteiger partial charge in [-0.3, -0.25) is 24.6 Å². The van der Waals surface area contributed by atoms with Gasteiger partial charge >= 0.3 is 5.97 Å². The van der Waals surface area contributed by atoms with Crippen LogP contribution in [0, 0.1) is 13.7 Å². The quantitative estimate of drug-likeness (QED) is 0.152. The number of amides is 2. The third-order valence-corrected chi connectivity index (χ3v) is 5.99. The minimum absolute atomic E-state index is 0.0537. The van der Waals surface area contributed by atoms with Crippen LogP contribution in [0.1, 0.15) is 18.1 Å². The van der Waals surface area contributed by atoms with Crippen molar-refractivity contribution in [1.29, 1.82) is 0 Å². The van der Waals surface area contributed by atoms with Crippen LogP contribution in [0.2, 0.25) is 0 Å². The van der Waals surface area contributed by atoms with Crippen LogP contribution in [0.4, 0.5) is 10.5 Å². The van der Waals surface area contributed by atoms with Crippen molar-refractivity contribution in [2.24, 2.45) is 0 Å². The summed E-state index contributed by atoms with van der Waals surface area (Å²) < 4.78 is 11.0. The summed E-state index contributed by atoms with van der Waals surface area (Å²) in [7, 11) is 0. The van der Waals surface area contributed by atoms with Crippen LogP contribution in [-0.4, -0.2) is 40.2 Å². The second kappa shape index (κ2) is 10.6. The number of nitro benzene ring substituents is 1. The van der Waals surface area contributed by atoms with Crippen molar-refractivity contribution < 1.29 is 28.8 Å². The number of thioether (sulfide) groups is 1. The number of hydrogen-bond acceptors (Lipinski definition) is 8. The van der Waals surface area contributed by atoms with Crippen molar-refractivity contribution in [3.8, 4) is 5.75 Å². The van der Waals surface area contributed by atoms with Gasteiger partial charge in [0.05, 0.1) is 26.6 Å². The van der Waals surface area contributed by atoms with Crippen molar-refractivity contribution in [3.05, 3.63) is 72.2 Å². The minimum Gasteiger partial charge on any atom is -0.481 e. The molecule has 2 aromatic carbocycles. The highest BCUT2D eigenvalue weighted by molar-refractivity contribution is 14.1. The van der Waals surface area contributed by atoms with E-state index in [9.17, 15) is 24.5 Å². The van der Waals surface area contributed by atoms with E-state index in [0.29, 0.717) is 16.9 Å². The molecular formula is C21H17IN2O7S. The zero-order valence-corrected chi connectivity index (χ0v) is 19.8. The van der Waals surface area contributed by atoms with Gasteiger partial charge in [-0.05, 0) is 70.6 Å². The molecule has 2 amide bonds. The molecule has 11 heteroatoms. The van der Waals surface area contributed by atoms with Gasteiger partial charge in [0.15, 0.2) is 6.61 Å². The van der Waals surface area contributed by atoms with Gasteiger partial charge in [-0.2, -0.15) is 0 Å². The second-order valence-electron chi connectivity index (χ2n) is 6.48. The number of halogens is 1. The van der Waals surface area contributed by atoms with Crippen molar-refractivity contribution >= 4 is 63.2 Å². The maximum Gasteiger partial charge on any atom is 0.344 e. The molecule has 166 valence electrons. The average molecular weight is 568 g/mol. The molecule has 9 nitrogen and oxygen atoms in total. The Kier molecular flexibility index (Phi) is 7.85. The summed E-state index contributed by atoms with van der Waals surface area (Å²) in [5.41, 5.74) is 1.06. The fourth-order valence-corrected chi connectivity index (χ4v) is 4.34. The van der Waals surface area contributed by atoms with E-state index in [-0.39, 0.29) is 30.4 Å². The number of nitro groups is 1. The monoisotopic (exact) mass is 568 g/mol. The Balaban J connectivity index is 1.71. The van der Waals surface area contributed by atoms with Crippen molar-refractivity contribution in [3.63, 3.8) is 0 Å². The van der Waals surface area contributed by atoms with E-state index in [0.717, 1.165) is 20.2 Å². The lowest BCUT2D eigenvalue weighted by atomic mass is 10.2. The van der Waals surface area contributed by atoms with Gasteiger partial charge in [0.1, 0.15) is 5.75 Å². The van der Waals surface area contributed by atoms with Crippen LogP contribution in [0.5, 0.6) is 5.75 Å². The first-order chi connectivity index (χ1) is 15.3. The maximum atomic E-state index is 12.7. The van der Waals surface area contributed by atoms with Crippen molar-refractivity contribution in [2.45, 2.75) is 13.5 Å². The molecule has 0 unspecified atom stereocenters. The number of carbonyl (C=O) groups is 3. The third kappa shape index (κ3) is 5.85. The Labute approximate surface area is 201 Å². The molecule has 0 saturated carbocycles. The predicted octanol–water partition coefficient (Wildman–Crippen LogP) is 4.38. The number of benzene rings is 2. The Morgan fingerprint density at radius 1 is 1.25 bits per heavy atom. The number of nitrogens with zero attached hydrogens (tertiary/aromatic N) is 2. The van der Waals surface area contributed by atoms with E-state index < -0.39 is 22.0 Å². The zero-order chi connectivity index (χ0) is 23.3. The number of imide groups is 1. The molecule has 1 heterocycles. The van der Waals surface area contributed by atoms with Gasteiger partial charge in [-0.15, -0.1) is 0 Å². The molecule has 0 atom stereocenters. The standard InChI is InChI=1S/C21H17IN2O7S/c1-2-30-19(25)12-31-17-7-6-13(9-16(17)22)10-18-20(26)23(21(27)32-18)11-14-4-3-5-15(8-14)24(28)29/h3-10H,2,11-12H2,1H3/b18-10+. The summed E-state index contributed by atoms with van der Waals surface area (Å²) >= 11 is 2.85. The lowest BCUT2D eigenvalue weighted by Gasteiger charge is -2.12. The van der Waals surface area contributed by atoms with E-state index in [4.69, 9.17) is 9.47 Å². The van der Waals surface area contributed by atoms with Crippen molar-refractivity contribution in [1.82, 2.24) is 4.90 Å². The molecule has 0 radical (unpaired) electrons. The fraction of sp³-hybridized carbons (Fsp3) is 0.190. The first kappa shape index (κ1) is 23.7. The van der Waals surface area contributed by atoms with Crippen LogP contribution in [-0.2, 0) is 20.9 Å². The van der Waals surface area contributed by atoms with Gasteiger partial charge in [0.25, 0.3) is 16.8 Å². The normalized spacial score (nSPS) is 14.7. The number of rotatable bonds is 8. The molecule has 2 aromatic rings. The third-order valence-electron chi connectivity index (χ3n) is 4.24. The van der Waals surface area contributed by atoms with Crippen LogP contribution in [0.25, 0.3) is 6.08 Å². The number of non-ortho nitro benzene ring substituents is 1. The smallest absolute Gasteiger partial charge is 0.344 e. The molecular weight excluding hydrogens is 551 g/mol. The minimum atomic E-state index is -0.529. The highest BCUT2D eigenvalue weighted by Gasteiger charge is 2.35. The Hall–Kier alpha value is -2.93. The van der Waals surface area contributed by atoms with Gasteiger partial charge in [-0.1, -0.05) is 18.2 Å². The summed E-state index contributed by atoms with van der Waals surface area (Å²) in [6.07, 6.45) is 1.59. The topological polar surface area (TPSA) is 116 Å². The Bertz CT molecular complexity index is 1120. The molecule has 1 aliphatic heterocycles. The lowest BCUT2D eigenvalue weighted by molar-refractivity contribution is -0.384. The first-order valence-electron chi connectivity index (χ1n) is 9.35. The van der Waals surface area contributed by atoms with E-state index in [1.54, 1.807) is 37.3 Å². The van der Waals surface area contributed by atoms with Gasteiger partial charge in [-0.25, -0.2) is 4.79 Å². The Morgan fingerprint density at radius 2 is 2.03 bits per heavy atom. The number of hydrogen-bond donors (Lipinski definition) is 0. The largest absolute Gasteiger partial charge is 0.481 e. The first-order valence-corrected chi connectivity index (χ1v) is 11.2. The van der Waals surface area contributed by atoms with Crippen LogP contribution in [0.15, 0.2) is 47.4 Å². The van der Waals surface area contributed by atoms with Crippen LogP contribution < -0.4 is 4.74 Å². The summed E-state index contributed by atoms with van der Waals surface area (Å²) in [4.78, 5) is 48.2. The van der Waals surface area contributed by atoms with Crippen LogP contribution in [0.3, 0.4) is 0 Å². The molecule has 0 N–H and O–H groups in total. The summed E-state index contributed by atoms with van der Waals surface area (Å²) in [5.74, 6) is -0.441. The molecule has 0 spiro atoms. The highest BCUT2D eigenvalue weighted by atomic mass is 127. The molecule has 0 bridgehead atoms. The molecule has 3 rings (SSSR count). The zero-order valence-electron chi connectivity index (χ0n) is 16.8. The molecule has 1 aliphatic rings. The summed E-state index contributed by atoms with van der Waals surface area (Å²) in [5, 5.41) is 10.5. The number of carbonyl (C=O) groups excluding carboxylic acids is 3. The van der Waals surface area contributed by atoms with Gasteiger partial charge < -0.3 is 9.47 Å². The fourth-order valence-electron chi connectivity index (χ4n) is 2.80. The Morgan fingerprint density at radius 3 is 2.72 bits per heavy atom. The maximum absolute atomic E-state index is 12.7. The van der Waals surface area contributed by atoms with E-state index in [2.05, 4.69) is 0 Å². The molecule has 1 fully saturated rings. The molecule has 1 saturated heterocycles. The predicted molar refractivity (Wildman–Crippen MR) is 126 cm³/mol. The molecule has 0 aromatic heterocycles.